The second kappa shape index (κ2) is 8.70. The normalized spacial score (nSPS) is 14.4. The highest BCUT2D eigenvalue weighted by Crippen LogP contribution is 2.30. The Morgan fingerprint density at radius 3 is 2.37 bits per heavy atom. The summed E-state index contributed by atoms with van der Waals surface area (Å²) >= 11 is 0. The van der Waals surface area contributed by atoms with Gasteiger partial charge in [0.2, 0.25) is 5.95 Å². The number of methoxy groups -OCH3 is 2. The molecule has 2 aromatic rings. The molecule has 0 radical (unpaired) electrons. The van der Waals surface area contributed by atoms with Crippen LogP contribution in [-0.2, 0) is 0 Å². The second-order valence-corrected chi connectivity index (χ2v) is 6.62. The third kappa shape index (κ3) is 4.67. The van der Waals surface area contributed by atoms with E-state index in [1.807, 2.05) is 6.92 Å². The molecule has 0 bridgehead atoms. The van der Waals surface area contributed by atoms with Crippen molar-refractivity contribution in [3.63, 3.8) is 0 Å². The minimum Gasteiger partial charge on any atom is -0.493 e. The van der Waals surface area contributed by atoms with Gasteiger partial charge in [-0.3, -0.25) is 4.79 Å². The Morgan fingerprint density at radius 2 is 1.70 bits per heavy atom. The first kappa shape index (κ1) is 18.9. The molecule has 1 aromatic carbocycles. The van der Waals surface area contributed by atoms with Crippen molar-refractivity contribution in [3.8, 4) is 11.5 Å². The number of ether oxygens (including phenoxy) is 2. The van der Waals surface area contributed by atoms with Gasteiger partial charge in [0.1, 0.15) is 5.69 Å². The number of carbonyl (C=O) groups excluding carboxylic acids is 1. The van der Waals surface area contributed by atoms with Crippen LogP contribution < -0.4 is 19.7 Å². The van der Waals surface area contributed by atoms with Gasteiger partial charge < -0.3 is 19.7 Å². The van der Waals surface area contributed by atoms with Crippen molar-refractivity contribution in [2.45, 2.75) is 32.6 Å². The molecular formula is C20H26N4O3. The van der Waals surface area contributed by atoms with E-state index < -0.39 is 0 Å². The monoisotopic (exact) mass is 370 g/mol. The highest BCUT2D eigenvalue weighted by Gasteiger charge is 2.17. The van der Waals surface area contributed by atoms with Crippen molar-refractivity contribution in [3.05, 3.63) is 35.7 Å². The average Bonchev–Trinajstić information content (AvgIpc) is 2.97. The summed E-state index contributed by atoms with van der Waals surface area (Å²) in [5.41, 5.74) is 1.75. The van der Waals surface area contributed by atoms with Crippen molar-refractivity contribution >= 4 is 17.5 Å². The van der Waals surface area contributed by atoms with Crippen LogP contribution in [0.4, 0.5) is 11.6 Å². The average molecular weight is 370 g/mol. The summed E-state index contributed by atoms with van der Waals surface area (Å²) in [6.45, 7) is 3.75. The lowest BCUT2D eigenvalue weighted by atomic mass is 10.2. The maximum absolute atomic E-state index is 12.7. The van der Waals surface area contributed by atoms with Crippen LogP contribution in [0.1, 0.15) is 41.9 Å². The maximum atomic E-state index is 12.7. The zero-order chi connectivity index (χ0) is 19.2. The van der Waals surface area contributed by atoms with Crippen LogP contribution in [0.15, 0.2) is 24.3 Å². The Hall–Kier alpha value is -2.83. The molecule has 1 aliphatic rings. The largest absolute Gasteiger partial charge is 0.493 e. The summed E-state index contributed by atoms with van der Waals surface area (Å²) in [6, 6.07) is 6.95. The minimum absolute atomic E-state index is 0.274. The summed E-state index contributed by atoms with van der Waals surface area (Å²) in [5, 5.41) is 2.87. The molecular weight excluding hydrogens is 344 g/mol. The number of anilines is 2. The number of nitrogens with one attached hydrogen (secondary N) is 1. The van der Waals surface area contributed by atoms with Crippen LogP contribution in [0.25, 0.3) is 0 Å². The smallest absolute Gasteiger partial charge is 0.274 e. The van der Waals surface area contributed by atoms with Crippen molar-refractivity contribution < 1.29 is 14.3 Å². The number of rotatable bonds is 5. The molecule has 1 amide bonds. The standard InChI is InChI=1S/C20H26N4O3/c1-14-12-16(23-20(21-14)24-10-6-4-5-7-11-24)19(25)22-15-8-9-17(26-2)18(13-15)27-3/h8-9,12-13H,4-7,10-11H2,1-3H3,(H,22,25). The summed E-state index contributed by atoms with van der Waals surface area (Å²) < 4.78 is 10.5. The Labute approximate surface area is 159 Å². The number of benzene rings is 1. The number of aromatic nitrogens is 2. The van der Waals surface area contributed by atoms with Gasteiger partial charge in [0.05, 0.1) is 14.2 Å². The quantitative estimate of drug-likeness (QED) is 0.869. The van der Waals surface area contributed by atoms with Crippen molar-refractivity contribution in [2.75, 3.05) is 37.5 Å². The third-order valence-electron chi connectivity index (χ3n) is 4.61. The molecule has 0 aliphatic carbocycles. The fourth-order valence-corrected chi connectivity index (χ4v) is 3.19. The molecule has 1 N–H and O–H groups in total. The van der Waals surface area contributed by atoms with Crippen LogP contribution >= 0.6 is 0 Å². The molecule has 1 aromatic heterocycles. The topological polar surface area (TPSA) is 76.6 Å². The van der Waals surface area contributed by atoms with Gasteiger partial charge in [0.15, 0.2) is 11.5 Å². The summed E-state index contributed by atoms with van der Waals surface area (Å²) in [6.07, 6.45) is 4.72. The molecule has 0 saturated carbocycles. The van der Waals surface area contributed by atoms with Gasteiger partial charge in [-0.1, -0.05) is 12.8 Å². The van der Waals surface area contributed by atoms with E-state index >= 15 is 0 Å². The first-order valence-electron chi connectivity index (χ1n) is 9.24. The summed E-state index contributed by atoms with van der Waals surface area (Å²) in [5.74, 6) is 1.52. The van der Waals surface area contributed by atoms with Gasteiger partial charge >= 0.3 is 0 Å². The number of amides is 1. The predicted molar refractivity (Wildman–Crippen MR) is 105 cm³/mol. The van der Waals surface area contributed by atoms with E-state index in [-0.39, 0.29) is 5.91 Å². The van der Waals surface area contributed by atoms with E-state index in [0.29, 0.717) is 28.8 Å². The van der Waals surface area contributed by atoms with Gasteiger partial charge in [-0.15, -0.1) is 0 Å². The summed E-state index contributed by atoms with van der Waals surface area (Å²) in [4.78, 5) is 24.0. The highest BCUT2D eigenvalue weighted by molar-refractivity contribution is 6.03. The Morgan fingerprint density at radius 1 is 1.00 bits per heavy atom. The molecule has 2 heterocycles. The molecule has 3 rings (SSSR count). The van der Waals surface area contributed by atoms with Crippen LogP contribution in [0.2, 0.25) is 0 Å². The molecule has 7 nitrogen and oxygen atoms in total. The molecule has 144 valence electrons. The SMILES string of the molecule is COc1ccc(NC(=O)c2cc(C)nc(N3CCCCCC3)n2)cc1OC. The van der Waals surface area contributed by atoms with E-state index in [2.05, 4.69) is 20.2 Å². The predicted octanol–water partition coefficient (Wildman–Crippen LogP) is 3.43. The Kier molecular flexibility index (Phi) is 6.11. The highest BCUT2D eigenvalue weighted by atomic mass is 16.5. The van der Waals surface area contributed by atoms with Gasteiger partial charge in [-0.05, 0) is 38.0 Å². The van der Waals surface area contributed by atoms with Crippen molar-refractivity contribution in [1.29, 1.82) is 0 Å². The van der Waals surface area contributed by atoms with Crippen molar-refractivity contribution in [2.24, 2.45) is 0 Å². The first-order chi connectivity index (χ1) is 13.1. The first-order valence-corrected chi connectivity index (χ1v) is 9.24. The van der Waals surface area contributed by atoms with Crippen LogP contribution in [0.5, 0.6) is 11.5 Å². The van der Waals surface area contributed by atoms with Gasteiger partial charge in [-0.25, -0.2) is 9.97 Å². The third-order valence-corrected chi connectivity index (χ3v) is 4.61. The molecule has 27 heavy (non-hydrogen) atoms. The van der Waals surface area contributed by atoms with E-state index in [0.717, 1.165) is 31.6 Å². The number of hydrogen-bond donors (Lipinski definition) is 1. The van der Waals surface area contributed by atoms with Crippen LogP contribution in [-0.4, -0.2) is 43.2 Å². The zero-order valence-corrected chi connectivity index (χ0v) is 16.1. The lowest BCUT2D eigenvalue weighted by molar-refractivity contribution is 0.102. The number of hydrogen-bond acceptors (Lipinski definition) is 6. The van der Waals surface area contributed by atoms with Gasteiger partial charge in [-0.2, -0.15) is 0 Å². The number of carbonyl (C=O) groups is 1. The summed E-state index contributed by atoms with van der Waals surface area (Å²) in [7, 11) is 3.13. The van der Waals surface area contributed by atoms with E-state index in [1.165, 1.54) is 12.8 Å². The Bertz CT molecular complexity index is 802. The Balaban J connectivity index is 1.80. The lowest BCUT2D eigenvalue weighted by Crippen LogP contribution is -2.27. The fourth-order valence-electron chi connectivity index (χ4n) is 3.19. The van der Waals surface area contributed by atoms with Crippen LogP contribution in [0.3, 0.4) is 0 Å². The lowest BCUT2D eigenvalue weighted by Gasteiger charge is -2.21. The van der Waals surface area contributed by atoms with Crippen molar-refractivity contribution in [1.82, 2.24) is 9.97 Å². The van der Waals surface area contributed by atoms with Crippen LogP contribution in [0, 0.1) is 6.92 Å². The molecule has 0 unspecified atom stereocenters. The van der Waals surface area contributed by atoms with Gasteiger partial charge in [0.25, 0.3) is 5.91 Å². The fraction of sp³-hybridized carbons (Fsp3) is 0.450. The molecule has 1 saturated heterocycles. The number of aryl methyl sites for hydroxylation is 1. The van der Waals surface area contributed by atoms with E-state index in [1.54, 1.807) is 38.5 Å². The van der Waals surface area contributed by atoms with Gasteiger partial charge in [0, 0.05) is 30.5 Å². The van der Waals surface area contributed by atoms with E-state index in [9.17, 15) is 4.79 Å². The minimum atomic E-state index is -0.274. The zero-order valence-electron chi connectivity index (χ0n) is 16.1. The second-order valence-electron chi connectivity index (χ2n) is 6.62. The number of nitrogens with zero attached hydrogens (tertiary/aromatic N) is 3. The molecule has 7 heteroatoms. The molecule has 1 aliphatic heterocycles. The molecule has 0 spiro atoms. The maximum Gasteiger partial charge on any atom is 0.274 e. The van der Waals surface area contributed by atoms with E-state index in [4.69, 9.17) is 9.47 Å². The molecule has 1 fully saturated rings. The molecule has 0 atom stereocenters.